The highest BCUT2D eigenvalue weighted by Gasteiger charge is 2.31. The molecule has 0 aliphatic carbocycles. The number of anilines is 1. The summed E-state index contributed by atoms with van der Waals surface area (Å²) in [7, 11) is 0. The molecule has 4 rings (SSSR count). The van der Waals surface area contributed by atoms with Crippen LogP contribution in [0.2, 0.25) is 5.02 Å². The minimum Gasteiger partial charge on any atom is -0.310 e. The van der Waals surface area contributed by atoms with Crippen LogP contribution >= 0.6 is 11.6 Å². The number of fused-ring (bicyclic) bond motifs is 1. The van der Waals surface area contributed by atoms with Crippen LogP contribution in [0.15, 0.2) is 59.4 Å². The molecule has 0 bridgehead atoms. The van der Waals surface area contributed by atoms with Crippen molar-refractivity contribution in [2.24, 2.45) is 0 Å². The van der Waals surface area contributed by atoms with Crippen LogP contribution in [0, 0.1) is 0 Å². The molecule has 0 saturated heterocycles. The number of nitrogens with zero attached hydrogens (tertiary/aromatic N) is 1. The molecule has 1 unspecified atom stereocenters. The summed E-state index contributed by atoms with van der Waals surface area (Å²) in [5.74, 6) is 0.193. The van der Waals surface area contributed by atoms with Crippen molar-refractivity contribution in [2.45, 2.75) is 12.3 Å². The average molecular weight is 352 g/mol. The van der Waals surface area contributed by atoms with Gasteiger partial charge in [0, 0.05) is 22.9 Å². The first kappa shape index (κ1) is 15.6. The largest absolute Gasteiger partial charge is 0.310 e. The molecule has 0 radical (unpaired) electrons. The Morgan fingerprint density at radius 3 is 2.60 bits per heavy atom. The summed E-state index contributed by atoms with van der Waals surface area (Å²) < 4.78 is 0. The number of nitrogens with one attached hydrogen (secondary N) is 2. The summed E-state index contributed by atoms with van der Waals surface area (Å²) in [5.41, 5.74) is 1.81. The van der Waals surface area contributed by atoms with Gasteiger partial charge >= 0.3 is 0 Å². The molecule has 0 spiro atoms. The van der Waals surface area contributed by atoms with E-state index in [0.29, 0.717) is 22.2 Å². The van der Waals surface area contributed by atoms with Crippen LogP contribution in [-0.2, 0) is 4.79 Å². The summed E-state index contributed by atoms with van der Waals surface area (Å²) in [6, 6.07) is 16.5. The van der Waals surface area contributed by atoms with E-state index < -0.39 is 0 Å². The number of benzene rings is 2. The maximum Gasteiger partial charge on any atom is 0.257 e. The molecule has 2 heterocycles. The number of hydrogen-bond acceptors (Lipinski definition) is 3. The number of aromatic amines is 1. The maximum absolute atomic E-state index is 12.8. The fraction of sp³-hybridized carbons (Fsp3) is 0.105. The van der Waals surface area contributed by atoms with Crippen molar-refractivity contribution in [3.8, 4) is 11.4 Å². The third kappa shape index (κ3) is 2.94. The molecule has 6 heteroatoms. The summed E-state index contributed by atoms with van der Waals surface area (Å²) in [6.45, 7) is 0. The fourth-order valence-electron chi connectivity index (χ4n) is 3.11. The highest BCUT2D eigenvalue weighted by molar-refractivity contribution is 6.30. The Bertz CT molecular complexity index is 1010. The molecule has 2 aromatic carbocycles. The van der Waals surface area contributed by atoms with Crippen LogP contribution in [0.3, 0.4) is 0 Å². The quantitative estimate of drug-likeness (QED) is 0.741. The van der Waals surface area contributed by atoms with Crippen molar-refractivity contribution >= 4 is 23.3 Å². The van der Waals surface area contributed by atoms with E-state index in [1.54, 1.807) is 12.1 Å². The van der Waals surface area contributed by atoms with Crippen molar-refractivity contribution in [3.63, 3.8) is 0 Å². The lowest BCUT2D eigenvalue weighted by molar-refractivity contribution is -0.116. The average Bonchev–Trinajstić information content (AvgIpc) is 2.61. The van der Waals surface area contributed by atoms with Crippen molar-refractivity contribution < 1.29 is 4.79 Å². The monoisotopic (exact) mass is 351 g/mol. The Labute approximate surface area is 148 Å². The molecule has 1 aromatic heterocycles. The number of halogens is 1. The summed E-state index contributed by atoms with van der Waals surface area (Å²) in [5, 5.41) is 3.29. The second kappa shape index (κ2) is 6.18. The second-order valence-corrected chi connectivity index (χ2v) is 6.34. The number of amides is 1. The molecule has 0 fully saturated rings. The van der Waals surface area contributed by atoms with E-state index in [-0.39, 0.29) is 23.8 Å². The van der Waals surface area contributed by atoms with Gasteiger partial charge in [0.15, 0.2) is 0 Å². The SMILES string of the molecule is O=C1CC(c2cccc(Cl)c2)c2c(nc(-c3ccccc3)[nH]c2=O)N1. The highest BCUT2D eigenvalue weighted by atomic mass is 35.5. The van der Waals surface area contributed by atoms with Crippen molar-refractivity contribution in [3.05, 3.63) is 81.1 Å². The van der Waals surface area contributed by atoms with Crippen LogP contribution in [-0.4, -0.2) is 15.9 Å². The second-order valence-electron chi connectivity index (χ2n) is 5.90. The van der Waals surface area contributed by atoms with Crippen molar-refractivity contribution in [1.82, 2.24) is 9.97 Å². The Morgan fingerprint density at radius 2 is 1.84 bits per heavy atom. The number of rotatable bonds is 2. The van der Waals surface area contributed by atoms with Gasteiger partial charge in [-0.25, -0.2) is 4.98 Å². The number of carbonyl (C=O) groups excluding carboxylic acids is 1. The minimum absolute atomic E-state index is 0.172. The zero-order valence-electron chi connectivity index (χ0n) is 13.1. The van der Waals surface area contributed by atoms with Crippen LogP contribution in [0.25, 0.3) is 11.4 Å². The zero-order valence-corrected chi connectivity index (χ0v) is 13.9. The minimum atomic E-state index is -0.372. The molecule has 2 N–H and O–H groups in total. The molecule has 25 heavy (non-hydrogen) atoms. The number of H-pyrrole nitrogens is 1. The van der Waals surface area contributed by atoms with Gasteiger partial charge in [-0.15, -0.1) is 0 Å². The molecule has 5 nitrogen and oxygen atoms in total. The third-order valence-corrected chi connectivity index (χ3v) is 4.48. The molecule has 1 aliphatic rings. The summed E-state index contributed by atoms with van der Waals surface area (Å²) >= 11 is 6.07. The van der Waals surface area contributed by atoms with E-state index in [1.807, 2.05) is 42.5 Å². The Balaban J connectivity index is 1.87. The summed E-state index contributed by atoms with van der Waals surface area (Å²) in [6.07, 6.45) is 0.183. The predicted octanol–water partition coefficient (Wildman–Crippen LogP) is 3.56. The molecular formula is C19H14ClN3O2. The lowest BCUT2D eigenvalue weighted by Crippen LogP contribution is -2.31. The fourth-order valence-corrected chi connectivity index (χ4v) is 3.31. The molecule has 1 atom stereocenters. The third-order valence-electron chi connectivity index (χ3n) is 4.25. The van der Waals surface area contributed by atoms with E-state index in [4.69, 9.17) is 11.6 Å². The van der Waals surface area contributed by atoms with Crippen molar-refractivity contribution in [2.75, 3.05) is 5.32 Å². The van der Waals surface area contributed by atoms with Gasteiger partial charge in [-0.3, -0.25) is 9.59 Å². The van der Waals surface area contributed by atoms with Gasteiger partial charge in [-0.05, 0) is 17.7 Å². The van der Waals surface area contributed by atoms with E-state index in [0.717, 1.165) is 11.1 Å². The van der Waals surface area contributed by atoms with Gasteiger partial charge < -0.3 is 10.3 Å². The number of hydrogen-bond donors (Lipinski definition) is 2. The molecule has 1 aliphatic heterocycles. The molecular weight excluding hydrogens is 338 g/mol. The lowest BCUT2D eigenvalue weighted by Gasteiger charge is -2.24. The van der Waals surface area contributed by atoms with E-state index in [9.17, 15) is 9.59 Å². The van der Waals surface area contributed by atoms with Crippen LogP contribution < -0.4 is 10.9 Å². The van der Waals surface area contributed by atoms with Gasteiger partial charge in [0.05, 0.1) is 5.56 Å². The lowest BCUT2D eigenvalue weighted by atomic mass is 9.87. The normalized spacial score (nSPS) is 16.2. The molecule has 3 aromatic rings. The van der Waals surface area contributed by atoms with Gasteiger partial charge in [0.2, 0.25) is 5.91 Å². The smallest absolute Gasteiger partial charge is 0.257 e. The van der Waals surface area contributed by atoms with Gasteiger partial charge in [0.25, 0.3) is 5.56 Å². The van der Waals surface area contributed by atoms with Crippen LogP contribution in [0.1, 0.15) is 23.5 Å². The predicted molar refractivity (Wildman–Crippen MR) is 96.8 cm³/mol. The van der Waals surface area contributed by atoms with Gasteiger partial charge in [0.1, 0.15) is 11.6 Å². The first-order valence-corrected chi connectivity index (χ1v) is 8.24. The summed E-state index contributed by atoms with van der Waals surface area (Å²) in [4.78, 5) is 32.2. The van der Waals surface area contributed by atoms with Crippen LogP contribution in [0.4, 0.5) is 5.82 Å². The first-order valence-electron chi connectivity index (χ1n) is 7.87. The topological polar surface area (TPSA) is 74.8 Å². The molecule has 1 amide bonds. The van der Waals surface area contributed by atoms with Crippen LogP contribution in [0.5, 0.6) is 0 Å². The maximum atomic E-state index is 12.8. The number of carbonyl (C=O) groups is 1. The van der Waals surface area contributed by atoms with E-state index >= 15 is 0 Å². The molecule has 0 saturated carbocycles. The Kier molecular flexibility index (Phi) is 3.86. The Hall–Kier alpha value is -2.92. The zero-order chi connectivity index (χ0) is 17.4. The number of aromatic nitrogens is 2. The van der Waals surface area contributed by atoms with E-state index in [2.05, 4.69) is 15.3 Å². The standard InChI is InChI=1S/C19H14ClN3O2/c20-13-8-4-7-12(9-13)14-10-15(24)21-18-16(14)19(25)23-17(22-18)11-5-2-1-3-6-11/h1-9,14H,10H2,(H2,21,22,23,24,25). The van der Waals surface area contributed by atoms with Crippen molar-refractivity contribution in [1.29, 1.82) is 0 Å². The highest BCUT2D eigenvalue weighted by Crippen LogP contribution is 2.35. The molecule has 124 valence electrons. The van der Waals surface area contributed by atoms with Gasteiger partial charge in [-0.2, -0.15) is 0 Å². The first-order chi connectivity index (χ1) is 12.1. The van der Waals surface area contributed by atoms with Gasteiger partial charge in [-0.1, -0.05) is 54.1 Å². The Morgan fingerprint density at radius 1 is 1.04 bits per heavy atom. The van der Waals surface area contributed by atoms with E-state index in [1.165, 1.54) is 0 Å².